The van der Waals surface area contributed by atoms with Crippen molar-refractivity contribution in [2.45, 2.75) is 44.6 Å². The van der Waals surface area contributed by atoms with Gasteiger partial charge in [0, 0.05) is 30.7 Å². The second-order valence-corrected chi connectivity index (χ2v) is 5.81. The largest absolute Gasteiger partial charge is 0.356 e. The molecule has 1 N–H and O–H groups in total. The fourth-order valence-electron chi connectivity index (χ4n) is 3.25. The van der Waals surface area contributed by atoms with Gasteiger partial charge in [-0.1, -0.05) is 6.07 Å². The third kappa shape index (κ3) is 2.57. The first-order valence-electron chi connectivity index (χ1n) is 7.17. The Balaban J connectivity index is 1.67. The molecule has 0 atom stereocenters. The quantitative estimate of drug-likeness (QED) is 0.839. The van der Waals surface area contributed by atoms with Crippen LogP contribution in [-0.4, -0.2) is 29.5 Å². The summed E-state index contributed by atoms with van der Waals surface area (Å²) < 4.78 is 0. The predicted molar refractivity (Wildman–Crippen MR) is 75.1 cm³/mol. The van der Waals surface area contributed by atoms with E-state index in [0.29, 0.717) is 6.42 Å². The maximum Gasteiger partial charge on any atom is 0.220 e. The number of nitrogens with one attached hydrogen (secondary N) is 1. The Hall–Kier alpha value is -1.58. The van der Waals surface area contributed by atoms with Crippen molar-refractivity contribution in [3.05, 3.63) is 23.9 Å². The van der Waals surface area contributed by atoms with Crippen molar-refractivity contribution in [3.63, 3.8) is 0 Å². The Labute approximate surface area is 114 Å². The third-order valence-electron chi connectivity index (χ3n) is 4.38. The van der Waals surface area contributed by atoms with E-state index in [4.69, 9.17) is 0 Å². The molecule has 4 nitrogen and oxygen atoms in total. The lowest BCUT2D eigenvalue weighted by Crippen LogP contribution is -2.57. The molecule has 1 spiro atoms. The molecular weight excluding hydrogens is 238 g/mol. The van der Waals surface area contributed by atoms with Crippen molar-refractivity contribution in [1.82, 2.24) is 10.3 Å². The highest BCUT2D eigenvalue weighted by Gasteiger charge is 2.38. The van der Waals surface area contributed by atoms with Crippen LogP contribution in [0.15, 0.2) is 18.2 Å². The van der Waals surface area contributed by atoms with Gasteiger partial charge in [-0.2, -0.15) is 0 Å². The summed E-state index contributed by atoms with van der Waals surface area (Å²) >= 11 is 0. The summed E-state index contributed by atoms with van der Waals surface area (Å²) in [6.07, 6.45) is 4.94. The smallest absolute Gasteiger partial charge is 0.220 e. The molecule has 1 amide bonds. The van der Waals surface area contributed by atoms with Gasteiger partial charge >= 0.3 is 0 Å². The highest BCUT2D eigenvalue weighted by Crippen LogP contribution is 2.32. The summed E-state index contributed by atoms with van der Waals surface area (Å²) in [6.45, 7) is 3.99. The highest BCUT2D eigenvalue weighted by molar-refractivity contribution is 5.77. The van der Waals surface area contributed by atoms with Gasteiger partial charge in [-0.05, 0) is 44.7 Å². The monoisotopic (exact) mass is 259 g/mol. The van der Waals surface area contributed by atoms with E-state index in [1.54, 1.807) is 0 Å². The van der Waals surface area contributed by atoms with Gasteiger partial charge in [-0.3, -0.25) is 4.79 Å². The van der Waals surface area contributed by atoms with Crippen LogP contribution in [0.5, 0.6) is 0 Å². The van der Waals surface area contributed by atoms with E-state index < -0.39 is 0 Å². The number of aryl methyl sites for hydroxylation is 1. The summed E-state index contributed by atoms with van der Waals surface area (Å²) in [7, 11) is 0. The second-order valence-electron chi connectivity index (χ2n) is 5.81. The van der Waals surface area contributed by atoms with E-state index in [-0.39, 0.29) is 11.4 Å². The fraction of sp³-hybridized carbons (Fsp3) is 0.600. The molecule has 0 unspecified atom stereocenters. The number of hydrogen-bond donors (Lipinski definition) is 1. The van der Waals surface area contributed by atoms with Gasteiger partial charge in [-0.15, -0.1) is 0 Å². The van der Waals surface area contributed by atoms with Crippen LogP contribution in [0.3, 0.4) is 0 Å². The van der Waals surface area contributed by atoms with E-state index in [1.807, 2.05) is 13.0 Å². The van der Waals surface area contributed by atoms with Gasteiger partial charge < -0.3 is 10.2 Å². The molecule has 0 aliphatic carbocycles. The first kappa shape index (κ1) is 12.5. The molecule has 1 aromatic rings. The summed E-state index contributed by atoms with van der Waals surface area (Å²) in [6, 6.07) is 6.16. The molecule has 2 saturated heterocycles. The maximum absolute atomic E-state index is 11.6. The molecule has 102 valence electrons. The summed E-state index contributed by atoms with van der Waals surface area (Å²) in [5, 5.41) is 3.23. The lowest BCUT2D eigenvalue weighted by atomic mass is 9.80. The van der Waals surface area contributed by atoms with E-state index in [0.717, 1.165) is 50.3 Å². The van der Waals surface area contributed by atoms with Gasteiger partial charge in [0.15, 0.2) is 0 Å². The van der Waals surface area contributed by atoms with Crippen molar-refractivity contribution < 1.29 is 4.79 Å². The highest BCUT2D eigenvalue weighted by atomic mass is 16.1. The SMILES string of the molecule is Cc1cccc(N2CCC3(CCCC(=O)N3)CC2)n1. The lowest BCUT2D eigenvalue weighted by Gasteiger charge is -2.45. The third-order valence-corrected chi connectivity index (χ3v) is 4.38. The summed E-state index contributed by atoms with van der Waals surface area (Å²) in [5.74, 6) is 1.30. The minimum atomic E-state index is 0.0651. The zero-order valence-corrected chi connectivity index (χ0v) is 11.5. The number of carbonyl (C=O) groups is 1. The number of anilines is 1. The average Bonchev–Trinajstić information content (AvgIpc) is 2.39. The van der Waals surface area contributed by atoms with E-state index in [1.165, 1.54) is 0 Å². The minimum absolute atomic E-state index is 0.0651. The van der Waals surface area contributed by atoms with Gasteiger partial charge in [0.05, 0.1) is 0 Å². The maximum atomic E-state index is 11.6. The molecule has 0 aromatic carbocycles. The first-order chi connectivity index (χ1) is 9.17. The molecule has 4 heteroatoms. The van der Waals surface area contributed by atoms with Crippen molar-refractivity contribution >= 4 is 11.7 Å². The Morgan fingerprint density at radius 3 is 2.74 bits per heavy atom. The Kier molecular flexibility index (Phi) is 3.17. The number of rotatable bonds is 1. The standard InChI is InChI=1S/C15H21N3O/c1-12-4-2-5-13(16-12)18-10-8-15(9-11-18)7-3-6-14(19)17-15/h2,4-5H,3,6-11H2,1H3,(H,17,19). The van der Waals surface area contributed by atoms with Crippen LogP contribution in [0.4, 0.5) is 5.82 Å². The van der Waals surface area contributed by atoms with Gasteiger partial charge in [0.25, 0.3) is 0 Å². The van der Waals surface area contributed by atoms with E-state index >= 15 is 0 Å². The number of carbonyl (C=O) groups excluding carboxylic acids is 1. The van der Waals surface area contributed by atoms with Crippen molar-refractivity contribution in [1.29, 1.82) is 0 Å². The Bertz CT molecular complexity index is 478. The Morgan fingerprint density at radius 2 is 2.05 bits per heavy atom. The Morgan fingerprint density at radius 1 is 1.26 bits per heavy atom. The van der Waals surface area contributed by atoms with Crippen LogP contribution in [0.25, 0.3) is 0 Å². The fourth-order valence-corrected chi connectivity index (χ4v) is 3.25. The number of aromatic nitrogens is 1. The van der Waals surface area contributed by atoms with E-state index in [2.05, 4.69) is 27.3 Å². The van der Waals surface area contributed by atoms with Crippen molar-refractivity contribution in [2.24, 2.45) is 0 Å². The molecule has 3 heterocycles. The van der Waals surface area contributed by atoms with Crippen molar-refractivity contribution in [3.8, 4) is 0 Å². The second kappa shape index (κ2) is 4.83. The molecule has 19 heavy (non-hydrogen) atoms. The van der Waals surface area contributed by atoms with Crippen LogP contribution in [0.2, 0.25) is 0 Å². The molecule has 2 fully saturated rings. The van der Waals surface area contributed by atoms with Gasteiger partial charge in [-0.25, -0.2) is 4.98 Å². The van der Waals surface area contributed by atoms with Crippen LogP contribution < -0.4 is 10.2 Å². The zero-order valence-electron chi connectivity index (χ0n) is 11.5. The topological polar surface area (TPSA) is 45.2 Å². The molecule has 0 radical (unpaired) electrons. The number of nitrogens with zero attached hydrogens (tertiary/aromatic N) is 2. The lowest BCUT2D eigenvalue weighted by molar-refractivity contribution is -0.125. The molecule has 0 bridgehead atoms. The van der Waals surface area contributed by atoms with Crippen molar-refractivity contribution in [2.75, 3.05) is 18.0 Å². The van der Waals surface area contributed by atoms with Crippen LogP contribution in [-0.2, 0) is 4.79 Å². The van der Waals surface area contributed by atoms with Crippen LogP contribution >= 0.6 is 0 Å². The van der Waals surface area contributed by atoms with E-state index in [9.17, 15) is 4.79 Å². The minimum Gasteiger partial charge on any atom is -0.356 e. The number of amides is 1. The molecule has 1 aromatic heterocycles. The molecule has 2 aliphatic heterocycles. The van der Waals surface area contributed by atoms with Crippen LogP contribution in [0.1, 0.15) is 37.8 Å². The summed E-state index contributed by atoms with van der Waals surface area (Å²) in [4.78, 5) is 18.5. The predicted octanol–water partition coefficient (Wildman–Crippen LogP) is 2.03. The van der Waals surface area contributed by atoms with Gasteiger partial charge in [0.2, 0.25) is 5.91 Å². The normalized spacial score (nSPS) is 22.4. The molecule has 2 aliphatic rings. The average molecular weight is 259 g/mol. The number of piperidine rings is 2. The van der Waals surface area contributed by atoms with Gasteiger partial charge in [0.1, 0.15) is 5.82 Å². The van der Waals surface area contributed by atoms with Crippen LogP contribution in [0, 0.1) is 6.92 Å². The zero-order chi connectivity index (χ0) is 13.3. The molecular formula is C15H21N3O. The number of hydrogen-bond acceptors (Lipinski definition) is 3. The summed E-state index contributed by atoms with van der Waals surface area (Å²) in [5.41, 5.74) is 1.12. The first-order valence-corrected chi connectivity index (χ1v) is 7.17. The number of pyridine rings is 1. The molecule has 3 rings (SSSR count). The molecule has 0 saturated carbocycles.